The van der Waals surface area contributed by atoms with Gasteiger partial charge in [0.15, 0.2) is 6.10 Å². The van der Waals surface area contributed by atoms with E-state index < -0.39 is 0 Å². The van der Waals surface area contributed by atoms with E-state index in [1.807, 2.05) is 26.0 Å². The number of nitrogens with one attached hydrogen (secondary N) is 1. The second kappa shape index (κ2) is 4.66. The van der Waals surface area contributed by atoms with Crippen molar-refractivity contribution in [1.29, 1.82) is 5.41 Å². The van der Waals surface area contributed by atoms with Gasteiger partial charge in [-0.2, -0.15) is 0 Å². The third-order valence-corrected chi connectivity index (χ3v) is 3.41. The average Bonchev–Trinajstić information content (AvgIpc) is 2.13. The molecule has 15 heavy (non-hydrogen) atoms. The fourth-order valence-electron chi connectivity index (χ4n) is 1.24. The monoisotopic (exact) mass is 270 g/mol. The smallest absolute Gasteiger partial charge is 0.152 e. The van der Waals surface area contributed by atoms with E-state index in [-0.39, 0.29) is 11.9 Å². The summed E-state index contributed by atoms with van der Waals surface area (Å²) in [7, 11) is 0. The molecule has 0 aliphatic carbocycles. The molecule has 0 spiro atoms. The summed E-state index contributed by atoms with van der Waals surface area (Å²) >= 11 is 3.49. The van der Waals surface area contributed by atoms with E-state index in [4.69, 9.17) is 15.9 Å². The first-order valence-electron chi connectivity index (χ1n) is 4.69. The lowest BCUT2D eigenvalue weighted by Gasteiger charge is -2.15. The lowest BCUT2D eigenvalue weighted by molar-refractivity contribution is 0.284. The molecule has 0 fully saturated rings. The first-order valence-corrected chi connectivity index (χ1v) is 5.48. The number of benzene rings is 1. The Morgan fingerprint density at radius 2 is 1.87 bits per heavy atom. The molecule has 1 aromatic rings. The van der Waals surface area contributed by atoms with Gasteiger partial charge in [0.2, 0.25) is 0 Å². The van der Waals surface area contributed by atoms with Gasteiger partial charge in [0, 0.05) is 4.47 Å². The molecule has 0 amide bonds. The van der Waals surface area contributed by atoms with E-state index in [1.54, 1.807) is 6.92 Å². The first-order chi connectivity index (χ1) is 6.91. The molecule has 82 valence electrons. The summed E-state index contributed by atoms with van der Waals surface area (Å²) in [6, 6.07) is 3.85. The molecular formula is C11H15BrN2O. The van der Waals surface area contributed by atoms with Crippen LogP contribution < -0.4 is 10.5 Å². The van der Waals surface area contributed by atoms with Crippen LogP contribution in [-0.2, 0) is 0 Å². The number of nitrogens with two attached hydrogens (primary N) is 1. The zero-order valence-electron chi connectivity index (χ0n) is 9.10. The number of aryl methyl sites for hydroxylation is 2. The maximum Gasteiger partial charge on any atom is 0.152 e. The van der Waals surface area contributed by atoms with Gasteiger partial charge >= 0.3 is 0 Å². The maximum absolute atomic E-state index is 7.24. The Balaban J connectivity index is 2.92. The van der Waals surface area contributed by atoms with Crippen LogP contribution in [0.3, 0.4) is 0 Å². The van der Waals surface area contributed by atoms with Crippen molar-refractivity contribution >= 4 is 21.8 Å². The summed E-state index contributed by atoms with van der Waals surface area (Å²) < 4.78 is 6.61. The van der Waals surface area contributed by atoms with Gasteiger partial charge in [0.25, 0.3) is 0 Å². The fraction of sp³-hybridized carbons (Fsp3) is 0.364. The van der Waals surface area contributed by atoms with Crippen LogP contribution in [-0.4, -0.2) is 11.9 Å². The molecule has 1 atom stereocenters. The molecule has 3 nitrogen and oxygen atoms in total. The van der Waals surface area contributed by atoms with Gasteiger partial charge in [-0.05, 0) is 44.0 Å². The standard InChI is InChI=1S/C11H15BrN2O/c1-6-4-9(5-7(2)10(6)12)15-8(3)11(13)14/h4-5,8H,1-3H3,(H3,13,14). The number of amidine groups is 1. The van der Waals surface area contributed by atoms with Crippen molar-refractivity contribution in [3.8, 4) is 5.75 Å². The van der Waals surface area contributed by atoms with Crippen LogP contribution in [0, 0.1) is 19.3 Å². The van der Waals surface area contributed by atoms with E-state index >= 15 is 0 Å². The topological polar surface area (TPSA) is 59.1 Å². The van der Waals surface area contributed by atoms with Crippen LogP contribution in [0.15, 0.2) is 16.6 Å². The summed E-state index contributed by atoms with van der Waals surface area (Å²) in [4.78, 5) is 0. The van der Waals surface area contributed by atoms with Crippen molar-refractivity contribution < 1.29 is 4.74 Å². The molecule has 4 heteroatoms. The van der Waals surface area contributed by atoms with Gasteiger partial charge in [-0.3, -0.25) is 5.41 Å². The predicted molar refractivity (Wildman–Crippen MR) is 65.6 cm³/mol. The molecule has 0 bridgehead atoms. The number of ether oxygens (including phenoxy) is 1. The molecule has 0 aliphatic rings. The number of halogens is 1. The summed E-state index contributed by atoms with van der Waals surface area (Å²) in [6.45, 7) is 5.76. The Morgan fingerprint density at radius 3 is 2.27 bits per heavy atom. The Kier molecular flexibility index (Phi) is 3.74. The van der Waals surface area contributed by atoms with Crippen LogP contribution in [0.2, 0.25) is 0 Å². The van der Waals surface area contributed by atoms with Crippen molar-refractivity contribution in [2.75, 3.05) is 0 Å². The quantitative estimate of drug-likeness (QED) is 0.656. The van der Waals surface area contributed by atoms with E-state index in [0.29, 0.717) is 0 Å². The van der Waals surface area contributed by atoms with Gasteiger partial charge in [-0.15, -0.1) is 0 Å². The van der Waals surface area contributed by atoms with Crippen LogP contribution in [0.1, 0.15) is 18.1 Å². The first kappa shape index (κ1) is 12.0. The van der Waals surface area contributed by atoms with Crippen molar-refractivity contribution in [3.63, 3.8) is 0 Å². The molecule has 3 N–H and O–H groups in total. The van der Waals surface area contributed by atoms with Gasteiger partial charge < -0.3 is 10.5 Å². The maximum atomic E-state index is 7.24. The SMILES string of the molecule is Cc1cc(OC(C)C(=N)N)cc(C)c1Br. The molecule has 0 aliphatic heterocycles. The fourth-order valence-corrected chi connectivity index (χ4v) is 1.47. The highest BCUT2D eigenvalue weighted by molar-refractivity contribution is 9.10. The lowest BCUT2D eigenvalue weighted by Crippen LogP contribution is -2.30. The minimum Gasteiger partial charge on any atom is -0.483 e. The molecule has 1 unspecified atom stereocenters. The largest absolute Gasteiger partial charge is 0.483 e. The van der Waals surface area contributed by atoms with Gasteiger partial charge in [0.05, 0.1) is 0 Å². The van der Waals surface area contributed by atoms with E-state index in [1.165, 1.54) is 0 Å². The minimum absolute atomic E-state index is 0.0354. The minimum atomic E-state index is -0.384. The third kappa shape index (κ3) is 2.96. The Hall–Kier alpha value is -1.03. The Labute approximate surface area is 98.3 Å². The zero-order valence-corrected chi connectivity index (χ0v) is 10.7. The predicted octanol–water partition coefficient (Wildman–Crippen LogP) is 2.77. The van der Waals surface area contributed by atoms with Crippen molar-refractivity contribution in [2.45, 2.75) is 26.9 Å². The van der Waals surface area contributed by atoms with Gasteiger partial charge in [0.1, 0.15) is 11.6 Å². The van der Waals surface area contributed by atoms with Crippen LogP contribution in [0.25, 0.3) is 0 Å². The lowest BCUT2D eigenvalue weighted by atomic mass is 10.1. The van der Waals surface area contributed by atoms with E-state index in [9.17, 15) is 0 Å². The highest BCUT2D eigenvalue weighted by Crippen LogP contribution is 2.26. The second-order valence-corrected chi connectivity index (χ2v) is 4.38. The summed E-state index contributed by atoms with van der Waals surface area (Å²) in [5.41, 5.74) is 7.56. The summed E-state index contributed by atoms with van der Waals surface area (Å²) in [6.07, 6.45) is -0.384. The zero-order chi connectivity index (χ0) is 11.6. The van der Waals surface area contributed by atoms with Crippen molar-refractivity contribution in [2.24, 2.45) is 5.73 Å². The highest BCUT2D eigenvalue weighted by atomic mass is 79.9. The normalized spacial score (nSPS) is 12.3. The molecule has 0 radical (unpaired) electrons. The van der Waals surface area contributed by atoms with Crippen LogP contribution in [0.5, 0.6) is 5.75 Å². The second-order valence-electron chi connectivity index (χ2n) is 3.59. The van der Waals surface area contributed by atoms with Gasteiger partial charge in [-0.1, -0.05) is 15.9 Å². The molecular weight excluding hydrogens is 256 g/mol. The number of hydrogen-bond acceptors (Lipinski definition) is 2. The molecule has 1 rings (SSSR count). The molecule has 0 saturated heterocycles. The third-order valence-electron chi connectivity index (χ3n) is 2.16. The average molecular weight is 271 g/mol. The van der Waals surface area contributed by atoms with E-state index in [2.05, 4.69) is 15.9 Å². The highest BCUT2D eigenvalue weighted by Gasteiger charge is 2.09. The Morgan fingerprint density at radius 1 is 1.40 bits per heavy atom. The molecule has 1 aromatic carbocycles. The number of rotatable bonds is 3. The number of hydrogen-bond donors (Lipinski definition) is 2. The summed E-state index contributed by atoms with van der Waals surface area (Å²) in [5.74, 6) is 0.782. The van der Waals surface area contributed by atoms with Crippen molar-refractivity contribution in [3.05, 3.63) is 27.7 Å². The van der Waals surface area contributed by atoms with Crippen molar-refractivity contribution in [1.82, 2.24) is 0 Å². The molecule has 0 heterocycles. The summed E-state index contributed by atoms with van der Waals surface area (Å²) in [5, 5.41) is 7.24. The molecule has 0 saturated carbocycles. The van der Waals surface area contributed by atoms with Gasteiger partial charge in [-0.25, -0.2) is 0 Å². The van der Waals surface area contributed by atoms with Crippen LogP contribution in [0.4, 0.5) is 0 Å². The Bertz CT molecular complexity index is 367. The molecule has 0 aromatic heterocycles. The van der Waals surface area contributed by atoms with Crippen LogP contribution >= 0.6 is 15.9 Å². The van der Waals surface area contributed by atoms with E-state index in [0.717, 1.165) is 21.3 Å².